The highest BCUT2D eigenvalue weighted by atomic mass is 31.2. The minimum absolute atomic E-state index is 0.0870. The Labute approximate surface area is 157 Å². The molecule has 0 aromatic heterocycles. The maximum atomic E-state index is 12.9. The fourth-order valence-electron chi connectivity index (χ4n) is 2.69. The molecule has 0 saturated heterocycles. The van der Waals surface area contributed by atoms with Gasteiger partial charge in [0.2, 0.25) is 0 Å². The summed E-state index contributed by atoms with van der Waals surface area (Å²) >= 11 is 0. The molecule has 2 aromatic rings. The summed E-state index contributed by atoms with van der Waals surface area (Å²) in [5.74, 6) is -0.469. The summed E-state index contributed by atoms with van der Waals surface area (Å²) in [6, 6.07) is 16.3. The largest absolute Gasteiger partial charge is 0.492 e. The van der Waals surface area contributed by atoms with Crippen molar-refractivity contribution in [1.82, 2.24) is 5.09 Å². The number of rotatable bonds is 3. The lowest BCUT2D eigenvalue weighted by atomic mass is 10.2. The van der Waals surface area contributed by atoms with E-state index in [1.165, 1.54) is 14.0 Å². The van der Waals surface area contributed by atoms with Gasteiger partial charge in [-0.3, -0.25) is 9.36 Å². The molecule has 0 saturated carbocycles. The number of hydrogen-bond acceptors (Lipinski definition) is 6. The summed E-state index contributed by atoms with van der Waals surface area (Å²) in [7, 11) is -2.31. The van der Waals surface area contributed by atoms with E-state index in [1.54, 1.807) is 18.2 Å². The Bertz CT molecular complexity index is 905. The number of quaternary nitrogens is 1. The molecule has 2 unspecified atom stereocenters. The molecule has 9 heteroatoms. The Balaban J connectivity index is 1.80. The molecule has 0 fully saturated rings. The number of benzene rings is 2. The average Bonchev–Trinajstić information content (AvgIpc) is 2.61. The zero-order chi connectivity index (χ0) is 19.5. The molecule has 27 heavy (non-hydrogen) atoms. The van der Waals surface area contributed by atoms with E-state index in [9.17, 15) is 9.36 Å². The van der Waals surface area contributed by atoms with Crippen molar-refractivity contribution in [2.24, 2.45) is 0 Å². The van der Waals surface area contributed by atoms with Gasteiger partial charge >= 0.3 is 19.7 Å². The van der Waals surface area contributed by atoms with Crippen LogP contribution in [0.5, 0.6) is 5.75 Å². The van der Waals surface area contributed by atoms with Crippen molar-refractivity contribution in [1.29, 1.82) is 5.41 Å². The summed E-state index contributed by atoms with van der Waals surface area (Å²) in [5, 5.41) is 10.9. The molecular formula is C18H21N3O5P+. The molecule has 2 aromatic carbocycles. The normalized spacial score (nSPS) is 20.5. The van der Waals surface area contributed by atoms with Gasteiger partial charge < -0.3 is 4.52 Å². The van der Waals surface area contributed by atoms with Gasteiger partial charge in [0.05, 0.1) is 6.61 Å². The van der Waals surface area contributed by atoms with E-state index in [0.29, 0.717) is 5.75 Å². The fraction of sp³-hybridized carbons (Fsp3) is 0.222. The molecule has 2 atom stereocenters. The van der Waals surface area contributed by atoms with Gasteiger partial charge in [0.25, 0.3) is 0 Å². The van der Waals surface area contributed by atoms with Crippen molar-refractivity contribution in [3.63, 3.8) is 0 Å². The van der Waals surface area contributed by atoms with Crippen LogP contribution in [0.25, 0.3) is 0 Å². The number of guanidine groups is 1. The third-order valence-electron chi connectivity index (χ3n) is 3.95. The molecule has 0 aliphatic carbocycles. The predicted molar refractivity (Wildman–Crippen MR) is 98.4 cm³/mol. The van der Waals surface area contributed by atoms with E-state index in [-0.39, 0.29) is 19.1 Å². The van der Waals surface area contributed by atoms with Gasteiger partial charge in [0.1, 0.15) is 12.8 Å². The van der Waals surface area contributed by atoms with E-state index >= 15 is 0 Å². The Kier molecular flexibility index (Phi) is 5.32. The average molecular weight is 390 g/mol. The number of nitrogens with zero attached hydrogens (tertiary/aromatic N) is 1. The fourth-order valence-corrected chi connectivity index (χ4v) is 4.07. The zero-order valence-electron chi connectivity index (χ0n) is 15.0. The maximum Gasteiger partial charge on any atom is 0.492 e. The molecule has 1 aliphatic heterocycles. The first kappa shape index (κ1) is 19.1. The Morgan fingerprint density at radius 3 is 2.59 bits per heavy atom. The van der Waals surface area contributed by atoms with Crippen LogP contribution in [0, 0.1) is 5.41 Å². The van der Waals surface area contributed by atoms with Crippen molar-refractivity contribution in [2.45, 2.75) is 20.1 Å². The molecule has 2 N–H and O–H groups in total. The molecule has 1 heterocycles. The summed E-state index contributed by atoms with van der Waals surface area (Å²) in [6.07, 6.45) is 0. The lowest BCUT2D eigenvalue weighted by molar-refractivity contribution is -1.02. The number of carbonyl (C=O) groups is 1. The van der Waals surface area contributed by atoms with Crippen molar-refractivity contribution in [3.05, 3.63) is 65.7 Å². The molecule has 0 spiro atoms. The predicted octanol–water partition coefficient (Wildman–Crippen LogP) is 3.35. The van der Waals surface area contributed by atoms with Gasteiger partial charge in [0.15, 0.2) is 6.54 Å². The molecular weight excluding hydrogens is 369 g/mol. The summed E-state index contributed by atoms with van der Waals surface area (Å²) in [6.45, 7) is 1.51. The van der Waals surface area contributed by atoms with Crippen LogP contribution in [0.4, 0.5) is 0 Å². The molecule has 142 valence electrons. The van der Waals surface area contributed by atoms with Crippen LogP contribution >= 0.6 is 7.75 Å². The lowest BCUT2D eigenvalue weighted by Crippen LogP contribution is -2.54. The number of fused-ring (bicyclic) bond motifs is 1. The van der Waals surface area contributed by atoms with Crippen molar-refractivity contribution in [3.8, 4) is 5.75 Å². The molecule has 0 radical (unpaired) electrons. The number of para-hydroxylation sites is 1. The molecule has 0 amide bonds. The molecule has 1 aliphatic rings. The maximum absolute atomic E-state index is 12.9. The van der Waals surface area contributed by atoms with Crippen molar-refractivity contribution >= 4 is 19.7 Å². The number of hydrogen-bond donors (Lipinski definition) is 2. The lowest BCUT2D eigenvalue weighted by Gasteiger charge is -2.32. The highest BCUT2D eigenvalue weighted by molar-refractivity contribution is 7.52. The quantitative estimate of drug-likeness (QED) is 0.274. The van der Waals surface area contributed by atoms with Gasteiger partial charge in [-0.2, -0.15) is 0 Å². The van der Waals surface area contributed by atoms with Crippen LogP contribution < -0.4 is 9.61 Å². The van der Waals surface area contributed by atoms with Crippen LogP contribution in [0.1, 0.15) is 18.1 Å². The van der Waals surface area contributed by atoms with Crippen LogP contribution in [0.3, 0.4) is 0 Å². The summed E-state index contributed by atoms with van der Waals surface area (Å²) in [4.78, 5) is 16.9. The van der Waals surface area contributed by atoms with E-state index in [2.05, 4.69) is 5.09 Å². The molecule has 0 bridgehead atoms. The highest BCUT2D eigenvalue weighted by Crippen LogP contribution is 2.50. The molecule has 3 rings (SSSR count). The Hall–Kier alpha value is -2.67. The highest BCUT2D eigenvalue weighted by Gasteiger charge is 2.42. The Morgan fingerprint density at radius 1 is 1.22 bits per heavy atom. The van der Waals surface area contributed by atoms with Crippen LogP contribution in [-0.2, 0) is 31.9 Å². The van der Waals surface area contributed by atoms with Gasteiger partial charge in [-0.25, -0.2) is 19.9 Å². The minimum atomic E-state index is -3.83. The smallest absolute Gasteiger partial charge is 0.409 e. The van der Waals surface area contributed by atoms with Crippen LogP contribution in [-0.4, -0.2) is 23.6 Å². The SMILES string of the molecule is CC(=O)O[N+](C)(Cc1ccccc1)C(=N)NP1(=O)OCc2ccccc2O1. The first-order chi connectivity index (χ1) is 12.8. The van der Waals surface area contributed by atoms with E-state index in [0.717, 1.165) is 11.1 Å². The standard InChI is InChI=1S/C18H21N3O5P/c1-14(22)25-21(2,12-15-8-4-3-5-9-15)18(19)20-27(23)24-13-16-10-6-7-11-17(16)26-27/h3-11H,12-13H2,1-2H3,(H2,19,20,23)/q+1. The third-order valence-corrected chi connectivity index (χ3v) is 5.35. The zero-order valence-corrected chi connectivity index (χ0v) is 15.9. The third kappa shape index (κ3) is 4.54. The summed E-state index contributed by atoms with van der Waals surface area (Å²) in [5.41, 5.74) is 1.60. The van der Waals surface area contributed by atoms with Crippen LogP contribution in [0.15, 0.2) is 54.6 Å². The topological polar surface area (TPSA) is 97.7 Å². The minimum Gasteiger partial charge on any atom is -0.409 e. The number of carbonyl (C=O) groups excluding carboxylic acids is 1. The van der Waals surface area contributed by atoms with Crippen LogP contribution in [0.2, 0.25) is 0 Å². The van der Waals surface area contributed by atoms with E-state index in [1.807, 2.05) is 36.4 Å². The second-order valence-electron chi connectivity index (χ2n) is 6.26. The first-order valence-electron chi connectivity index (χ1n) is 8.29. The second kappa shape index (κ2) is 7.52. The monoisotopic (exact) mass is 390 g/mol. The summed E-state index contributed by atoms with van der Waals surface area (Å²) < 4.78 is 23.2. The number of nitrogens with one attached hydrogen (secondary N) is 2. The van der Waals surface area contributed by atoms with Gasteiger partial charge in [-0.05, 0) is 6.07 Å². The number of hydroxylamine groups is 3. The van der Waals surface area contributed by atoms with Crippen molar-refractivity contribution in [2.75, 3.05) is 7.05 Å². The van der Waals surface area contributed by atoms with Gasteiger partial charge in [-0.15, -0.1) is 0 Å². The van der Waals surface area contributed by atoms with Gasteiger partial charge in [-0.1, -0.05) is 53.2 Å². The second-order valence-corrected chi connectivity index (χ2v) is 7.92. The molecule has 8 nitrogen and oxygen atoms in total. The van der Waals surface area contributed by atoms with E-state index in [4.69, 9.17) is 19.3 Å². The Morgan fingerprint density at radius 2 is 1.89 bits per heavy atom. The van der Waals surface area contributed by atoms with Crippen molar-refractivity contribution < 1.29 is 27.9 Å². The van der Waals surface area contributed by atoms with E-state index < -0.39 is 18.4 Å². The van der Waals surface area contributed by atoms with Gasteiger partial charge in [0, 0.05) is 18.1 Å². The first-order valence-corrected chi connectivity index (χ1v) is 9.83.